The summed E-state index contributed by atoms with van der Waals surface area (Å²) < 4.78 is 2.10. The summed E-state index contributed by atoms with van der Waals surface area (Å²) in [7, 11) is 0. The van der Waals surface area contributed by atoms with Crippen molar-refractivity contribution in [1.29, 1.82) is 0 Å². The molecule has 0 atom stereocenters. The van der Waals surface area contributed by atoms with Crippen molar-refractivity contribution < 1.29 is 4.79 Å². The highest BCUT2D eigenvalue weighted by atomic mass is 32.2. The SMILES string of the molecule is Cc1ccccc1-n1c(C)nnc1SCc1ccc(C(=O)N2CCCC2)cc1. The first-order chi connectivity index (χ1) is 13.6. The molecule has 0 saturated carbocycles. The average Bonchev–Trinajstić information content (AvgIpc) is 3.37. The third-order valence-corrected chi connectivity index (χ3v) is 6.11. The van der Waals surface area contributed by atoms with Crippen molar-refractivity contribution >= 4 is 17.7 Å². The molecule has 2 aromatic carbocycles. The van der Waals surface area contributed by atoms with Gasteiger partial charge in [-0.2, -0.15) is 0 Å². The average molecular weight is 393 g/mol. The van der Waals surface area contributed by atoms with Crippen molar-refractivity contribution in [2.45, 2.75) is 37.6 Å². The molecule has 4 rings (SSSR count). The van der Waals surface area contributed by atoms with E-state index in [4.69, 9.17) is 0 Å². The first-order valence-electron chi connectivity index (χ1n) is 9.62. The number of benzene rings is 2. The number of rotatable bonds is 5. The van der Waals surface area contributed by atoms with E-state index >= 15 is 0 Å². The molecule has 6 heteroatoms. The number of para-hydroxylation sites is 1. The highest BCUT2D eigenvalue weighted by Crippen LogP contribution is 2.26. The van der Waals surface area contributed by atoms with E-state index in [1.54, 1.807) is 11.8 Å². The Morgan fingerprint density at radius 3 is 2.43 bits per heavy atom. The van der Waals surface area contributed by atoms with Gasteiger partial charge in [0, 0.05) is 24.4 Å². The van der Waals surface area contributed by atoms with Gasteiger partial charge in [0.1, 0.15) is 5.82 Å². The van der Waals surface area contributed by atoms with Gasteiger partial charge in [0.2, 0.25) is 0 Å². The van der Waals surface area contributed by atoms with Crippen molar-refractivity contribution in [3.05, 3.63) is 71.0 Å². The lowest BCUT2D eigenvalue weighted by Gasteiger charge is -2.15. The van der Waals surface area contributed by atoms with Gasteiger partial charge in [0.05, 0.1) is 5.69 Å². The first-order valence-corrected chi connectivity index (χ1v) is 10.6. The number of aryl methyl sites for hydroxylation is 2. The van der Waals surface area contributed by atoms with E-state index in [-0.39, 0.29) is 5.91 Å². The molecule has 1 amide bonds. The number of thioether (sulfide) groups is 1. The summed E-state index contributed by atoms with van der Waals surface area (Å²) >= 11 is 1.66. The van der Waals surface area contributed by atoms with Crippen LogP contribution in [0, 0.1) is 13.8 Å². The number of amides is 1. The van der Waals surface area contributed by atoms with Crippen molar-refractivity contribution in [1.82, 2.24) is 19.7 Å². The van der Waals surface area contributed by atoms with Crippen LogP contribution in [0.4, 0.5) is 0 Å². The summed E-state index contributed by atoms with van der Waals surface area (Å²) in [4.78, 5) is 14.4. The van der Waals surface area contributed by atoms with Crippen LogP contribution in [0.5, 0.6) is 0 Å². The maximum absolute atomic E-state index is 12.5. The third kappa shape index (κ3) is 3.83. The fourth-order valence-electron chi connectivity index (χ4n) is 3.52. The molecule has 0 radical (unpaired) electrons. The van der Waals surface area contributed by atoms with Crippen LogP contribution in [-0.2, 0) is 5.75 Å². The standard InChI is InChI=1S/C22H24N4OS/c1-16-7-3-4-8-20(16)26-17(2)23-24-22(26)28-15-18-9-11-19(12-10-18)21(27)25-13-5-6-14-25/h3-4,7-12H,5-6,13-15H2,1-2H3. The van der Waals surface area contributed by atoms with E-state index in [0.29, 0.717) is 0 Å². The maximum atomic E-state index is 12.5. The molecule has 2 heterocycles. The van der Waals surface area contributed by atoms with E-state index in [1.807, 2.05) is 48.2 Å². The molecule has 1 aliphatic rings. The second-order valence-electron chi connectivity index (χ2n) is 7.14. The topological polar surface area (TPSA) is 51.0 Å². The summed E-state index contributed by atoms with van der Waals surface area (Å²) in [5.41, 5.74) is 4.24. The molecule has 5 nitrogen and oxygen atoms in total. The van der Waals surface area contributed by atoms with Crippen molar-refractivity contribution in [3.8, 4) is 5.69 Å². The Morgan fingerprint density at radius 1 is 1.00 bits per heavy atom. The third-order valence-electron chi connectivity index (χ3n) is 5.11. The molecule has 28 heavy (non-hydrogen) atoms. The smallest absolute Gasteiger partial charge is 0.253 e. The molecule has 3 aromatic rings. The molecule has 0 unspecified atom stereocenters. The van der Waals surface area contributed by atoms with Gasteiger partial charge in [-0.05, 0) is 56.0 Å². The quantitative estimate of drug-likeness (QED) is 0.604. The van der Waals surface area contributed by atoms with Crippen LogP contribution in [0.1, 0.15) is 40.2 Å². The molecule has 0 aliphatic carbocycles. The van der Waals surface area contributed by atoms with Gasteiger partial charge in [-0.3, -0.25) is 9.36 Å². The molecule has 1 fully saturated rings. The molecule has 1 aliphatic heterocycles. The van der Waals surface area contributed by atoms with Gasteiger partial charge >= 0.3 is 0 Å². The van der Waals surface area contributed by atoms with Gasteiger partial charge in [-0.1, -0.05) is 42.1 Å². The van der Waals surface area contributed by atoms with E-state index in [0.717, 1.165) is 53.9 Å². The van der Waals surface area contributed by atoms with Crippen LogP contribution in [0.3, 0.4) is 0 Å². The minimum Gasteiger partial charge on any atom is -0.339 e. The Morgan fingerprint density at radius 2 is 1.71 bits per heavy atom. The molecule has 1 saturated heterocycles. The number of carbonyl (C=O) groups is 1. The number of hydrogen-bond donors (Lipinski definition) is 0. The summed E-state index contributed by atoms with van der Waals surface area (Å²) in [6.45, 7) is 5.83. The largest absolute Gasteiger partial charge is 0.339 e. The van der Waals surface area contributed by atoms with Crippen molar-refractivity contribution in [2.75, 3.05) is 13.1 Å². The highest BCUT2D eigenvalue weighted by Gasteiger charge is 2.19. The predicted octanol–water partition coefficient (Wildman–Crippen LogP) is 4.41. The molecule has 1 aromatic heterocycles. The molecule has 0 bridgehead atoms. The lowest BCUT2D eigenvalue weighted by Crippen LogP contribution is -2.27. The van der Waals surface area contributed by atoms with Crippen LogP contribution in [0.25, 0.3) is 5.69 Å². The Hall–Kier alpha value is -2.60. The summed E-state index contributed by atoms with van der Waals surface area (Å²) in [6.07, 6.45) is 2.23. The molecular formula is C22H24N4OS. The summed E-state index contributed by atoms with van der Waals surface area (Å²) in [6, 6.07) is 16.2. The predicted molar refractivity (Wildman–Crippen MR) is 112 cm³/mol. The van der Waals surface area contributed by atoms with E-state index < -0.39 is 0 Å². The van der Waals surface area contributed by atoms with E-state index in [9.17, 15) is 4.79 Å². The molecular weight excluding hydrogens is 368 g/mol. The van der Waals surface area contributed by atoms with Gasteiger partial charge in [-0.25, -0.2) is 0 Å². The zero-order valence-corrected chi connectivity index (χ0v) is 17.1. The Bertz CT molecular complexity index is 974. The number of nitrogens with zero attached hydrogens (tertiary/aromatic N) is 4. The van der Waals surface area contributed by atoms with Gasteiger partial charge in [-0.15, -0.1) is 10.2 Å². The first kappa shape index (κ1) is 18.7. The molecule has 0 N–H and O–H groups in total. The number of hydrogen-bond acceptors (Lipinski definition) is 4. The Balaban J connectivity index is 1.47. The molecule has 144 valence electrons. The second kappa shape index (κ2) is 8.19. The number of carbonyl (C=O) groups excluding carboxylic acids is 1. The monoisotopic (exact) mass is 392 g/mol. The van der Waals surface area contributed by atoms with Crippen LogP contribution in [0.2, 0.25) is 0 Å². The van der Waals surface area contributed by atoms with Gasteiger partial charge < -0.3 is 4.90 Å². The zero-order valence-electron chi connectivity index (χ0n) is 16.3. The maximum Gasteiger partial charge on any atom is 0.253 e. The van der Waals surface area contributed by atoms with Crippen LogP contribution in [0.15, 0.2) is 53.7 Å². The van der Waals surface area contributed by atoms with Gasteiger partial charge in [0.15, 0.2) is 5.16 Å². The summed E-state index contributed by atoms with van der Waals surface area (Å²) in [5.74, 6) is 1.80. The molecule has 0 spiro atoms. The second-order valence-corrected chi connectivity index (χ2v) is 8.08. The Labute approximate surface area is 169 Å². The normalized spacial score (nSPS) is 13.9. The lowest BCUT2D eigenvalue weighted by molar-refractivity contribution is 0.0793. The minimum absolute atomic E-state index is 0.145. The van der Waals surface area contributed by atoms with E-state index in [2.05, 4.69) is 33.8 Å². The van der Waals surface area contributed by atoms with Gasteiger partial charge in [0.25, 0.3) is 5.91 Å². The number of aromatic nitrogens is 3. The fourth-order valence-corrected chi connectivity index (χ4v) is 4.47. The lowest BCUT2D eigenvalue weighted by atomic mass is 10.1. The Kier molecular flexibility index (Phi) is 5.48. The van der Waals surface area contributed by atoms with Crippen molar-refractivity contribution in [2.24, 2.45) is 0 Å². The fraction of sp³-hybridized carbons (Fsp3) is 0.318. The summed E-state index contributed by atoms with van der Waals surface area (Å²) in [5, 5.41) is 9.51. The highest BCUT2D eigenvalue weighted by molar-refractivity contribution is 7.98. The number of likely N-dealkylation sites (tertiary alicyclic amines) is 1. The van der Waals surface area contributed by atoms with Crippen molar-refractivity contribution in [3.63, 3.8) is 0 Å². The minimum atomic E-state index is 0.145. The van der Waals surface area contributed by atoms with Crippen LogP contribution in [-0.4, -0.2) is 38.7 Å². The zero-order chi connectivity index (χ0) is 19.5. The van der Waals surface area contributed by atoms with E-state index in [1.165, 1.54) is 11.1 Å². The van der Waals surface area contributed by atoms with Crippen LogP contribution >= 0.6 is 11.8 Å². The van der Waals surface area contributed by atoms with Crippen LogP contribution < -0.4 is 0 Å².